The van der Waals surface area contributed by atoms with Crippen LogP contribution in [0.1, 0.15) is 6.42 Å². The first-order chi connectivity index (χ1) is 8.65. The second kappa shape index (κ2) is 8.69. The minimum atomic E-state index is -0.479. The van der Waals surface area contributed by atoms with Gasteiger partial charge >= 0.3 is 0 Å². The van der Waals surface area contributed by atoms with Crippen LogP contribution >= 0.6 is 27.5 Å². The second-order valence-corrected chi connectivity index (χ2v) is 4.90. The fraction of sp³-hybridized carbons (Fsp3) is 0.500. The van der Waals surface area contributed by atoms with E-state index >= 15 is 0 Å². The van der Waals surface area contributed by atoms with Crippen molar-refractivity contribution in [2.75, 3.05) is 33.4 Å². The Hall–Kier alpha value is -0.360. The molecule has 1 N–H and O–H groups in total. The summed E-state index contributed by atoms with van der Waals surface area (Å²) < 4.78 is 24.2. The van der Waals surface area contributed by atoms with Crippen LogP contribution in [0.15, 0.2) is 16.6 Å². The predicted molar refractivity (Wildman–Crippen MR) is 74.0 cm³/mol. The van der Waals surface area contributed by atoms with Crippen LogP contribution in [0.2, 0.25) is 5.02 Å². The van der Waals surface area contributed by atoms with Crippen LogP contribution in [0, 0.1) is 5.82 Å². The summed E-state index contributed by atoms with van der Waals surface area (Å²) in [4.78, 5) is 0. The van der Waals surface area contributed by atoms with E-state index in [0.29, 0.717) is 23.4 Å². The molecule has 0 fully saturated rings. The molecule has 1 aromatic carbocycles. The average molecular weight is 341 g/mol. The van der Waals surface area contributed by atoms with Crippen molar-refractivity contribution in [3.63, 3.8) is 0 Å². The molecule has 0 amide bonds. The summed E-state index contributed by atoms with van der Waals surface area (Å²) in [5.41, 5.74) is 0. The van der Waals surface area contributed by atoms with Gasteiger partial charge in [0.25, 0.3) is 0 Å². The average Bonchev–Trinajstić information content (AvgIpc) is 2.34. The molecule has 0 heterocycles. The second-order valence-electron chi connectivity index (χ2n) is 3.64. The summed E-state index contributed by atoms with van der Waals surface area (Å²) in [6.07, 6.45) is 0.834. The van der Waals surface area contributed by atoms with Gasteiger partial charge in [0, 0.05) is 19.7 Å². The Labute approximate surface area is 120 Å². The minimum absolute atomic E-state index is 0.0791. The van der Waals surface area contributed by atoms with Crippen LogP contribution in [-0.2, 0) is 4.74 Å². The maximum atomic E-state index is 13.2. The molecule has 6 heteroatoms. The van der Waals surface area contributed by atoms with E-state index in [1.807, 2.05) is 0 Å². The van der Waals surface area contributed by atoms with Gasteiger partial charge in [0.15, 0.2) is 0 Å². The number of hydrogen-bond donors (Lipinski definition) is 1. The van der Waals surface area contributed by atoms with Gasteiger partial charge in [-0.05, 0) is 35.0 Å². The molecule has 0 saturated heterocycles. The summed E-state index contributed by atoms with van der Waals surface area (Å²) in [6.45, 7) is 2.85. The number of ether oxygens (including phenoxy) is 2. The molecule has 0 saturated carbocycles. The molecule has 0 radical (unpaired) electrons. The highest BCUT2D eigenvalue weighted by molar-refractivity contribution is 9.10. The number of nitrogens with one attached hydrogen (secondary N) is 1. The fourth-order valence-electron chi connectivity index (χ4n) is 1.29. The lowest BCUT2D eigenvalue weighted by Crippen LogP contribution is -2.21. The lowest BCUT2D eigenvalue weighted by Gasteiger charge is -2.09. The molecule has 1 rings (SSSR count). The zero-order valence-electron chi connectivity index (χ0n) is 10.1. The Morgan fingerprint density at radius 3 is 2.83 bits per heavy atom. The van der Waals surface area contributed by atoms with Crippen LogP contribution < -0.4 is 10.1 Å². The van der Waals surface area contributed by atoms with Crippen LogP contribution in [0.4, 0.5) is 4.39 Å². The first-order valence-electron chi connectivity index (χ1n) is 5.62. The summed E-state index contributed by atoms with van der Waals surface area (Å²) in [6, 6.07) is 2.77. The van der Waals surface area contributed by atoms with E-state index in [9.17, 15) is 4.39 Å². The van der Waals surface area contributed by atoms with Crippen molar-refractivity contribution in [3.05, 3.63) is 27.4 Å². The lowest BCUT2D eigenvalue weighted by atomic mass is 10.3. The number of hydrogen-bond acceptors (Lipinski definition) is 3. The molecule has 102 valence electrons. The Morgan fingerprint density at radius 2 is 2.11 bits per heavy atom. The molecule has 0 aliphatic heterocycles. The Balaban J connectivity index is 2.25. The van der Waals surface area contributed by atoms with Crippen molar-refractivity contribution in [2.24, 2.45) is 0 Å². The van der Waals surface area contributed by atoms with E-state index in [1.54, 1.807) is 7.11 Å². The zero-order chi connectivity index (χ0) is 13.4. The Kier molecular flexibility index (Phi) is 7.58. The van der Waals surface area contributed by atoms with Crippen molar-refractivity contribution < 1.29 is 13.9 Å². The summed E-state index contributed by atoms with van der Waals surface area (Å²) in [5.74, 6) is -0.0122. The molecule has 3 nitrogen and oxygen atoms in total. The fourth-order valence-corrected chi connectivity index (χ4v) is 2.05. The van der Waals surface area contributed by atoms with Gasteiger partial charge in [-0.1, -0.05) is 11.6 Å². The molecule has 18 heavy (non-hydrogen) atoms. The lowest BCUT2D eigenvalue weighted by molar-refractivity contribution is 0.198. The topological polar surface area (TPSA) is 30.5 Å². The molecule has 0 bridgehead atoms. The van der Waals surface area contributed by atoms with E-state index in [-0.39, 0.29) is 5.02 Å². The van der Waals surface area contributed by atoms with E-state index in [1.165, 1.54) is 12.1 Å². The zero-order valence-corrected chi connectivity index (χ0v) is 12.5. The van der Waals surface area contributed by atoms with Gasteiger partial charge in [-0.15, -0.1) is 0 Å². The maximum Gasteiger partial charge on any atom is 0.145 e. The highest BCUT2D eigenvalue weighted by Crippen LogP contribution is 2.30. The summed E-state index contributed by atoms with van der Waals surface area (Å²) in [5, 5.41) is 3.27. The van der Waals surface area contributed by atoms with Gasteiger partial charge in [0.2, 0.25) is 0 Å². The smallest absolute Gasteiger partial charge is 0.145 e. The van der Waals surface area contributed by atoms with Crippen molar-refractivity contribution >= 4 is 27.5 Å². The molecule has 0 aliphatic rings. The van der Waals surface area contributed by atoms with Crippen LogP contribution in [-0.4, -0.2) is 33.4 Å². The predicted octanol–water partition coefficient (Wildman–Crippen LogP) is 3.25. The minimum Gasteiger partial charge on any atom is -0.492 e. The Bertz CT molecular complexity index is 379. The summed E-state index contributed by atoms with van der Waals surface area (Å²) >= 11 is 8.91. The van der Waals surface area contributed by atoms with Crippen molar-refractivity contribution in [1.82, 2.24) is 5.32 Å². The molecule has 0 atom stereocenters. The third-order valence-electron chi connectivity index (χ3n) is 2.21. The van der Waals surface area contributed by atoms with Crippen molar-refractivity contribution in [2.45, 2.75) is 6.42 Å². The molecule has 0 aromatic heterocycles. The molecular weight excluding hydrogens is 324 g/mol. The first-order valence-corrected chi connectivity index (χ1v) is 6.79. The van der Waals surface area contributed by atoms with Crippen LogP contribution in [0.25, 0.3) is 0 Å². The molecule has 0 spiro atoms. The molecule has 1 aromatic rings. The van der Waals surface area contributed by atoms with E-state index in [2.05, 4.69) is 21.2 Å². The van der Waals surface area contributed by atoms with Crippen molar-refractivity contribution in [3.8, 4) is 5.75 Å². The van der Waals surface area contributed by atoms with Gasteiger partial charge in [-0.2, -0.15) is 0 Å². The van der Waals surface area contributed by atoms with Gasteiger partial charge < -0.3 is 14.8 Å². The molecular formula is C12H16BrClFNO2. The number of rotatable bonds is 8. The quantitative estimate of drug-likeness (QED) is 0.582. The molecule has 0 unspecified atom stereocenters. The van der Waals surface area contributed by atoms with E-state index in [0.717, 1.165) is 19.5 Å². The SMILES string of the molecule is COCCNCCCOc1cc(F)c(Cl)cc1Br. The summed E-state index contributed by atoms with van der Waals surface area (Å²) in [7, 11) is 1.66. The largest absolute Gasteiger partial charge is 0.492 e. The number of methoxy groups -OCH3 is 1. The van der Waals surface area contributed by atoms with Crippen LogP contribution in [0.3, 0.4) is 0 Å². The Morgan fingerprint density at radius 1 is 1.33 bits per heavy atom. The monoisotopic (exact) mass is 339 g/mol. The van der Waals surface area contributed by atoms with Gasteiger partial charge in [0.1, 0.15) is 11.6 Å². The third kappa shape index (κ3) is 5.52. The highest BCUT2D eigenvalue weighted by Gasteiger charge is 2.07. The highest BCUT2D eigenvalue weighted by atomic mass is 79.9. The number of benzene rings is 1. The van der Waals surface area contributed by atoms with E-state index in [4.69, 9.17) is 21.1 Å². The standard InChI is InChI=1S/C12H16BrClFNO2/c1-17-6-4-16-3-2-5-18-12-8-11(15)10(14)7-9(12)13/h7-8,16H,2-6H2,1H3. The maximum absolute atomic E-state index is 13.2. The van der Waals surface area contributed by atoms with Crippen LogP contribution in [0.5, 0.6) is 5.75 Å². The van der Waals surface area contributed by atoms with Gasteiger partial charge in [0.05, 0.1) is 22.7 Å². The third-order valence-corrected chi connectivity index (χ3v) is 3.12. The first kappa shape index (κ1) is 15.7. The van der Waals surface area contributed by atoms with Crippen molar-refractivity contribution in [1.29, 1.82) is 0 Å². The molecule has 0 aliphatic carbocycles. The number of halogens is 3. The van der Waals surface area contributed by atoms with Gasteiger partial charge in [-0.25, -0.2) is 4.39 Å². The normalized spacial score (nSPS) is 10.7. The van der Waals surface area contributed by atoms with E-state index < -0.39 is 5.82 Å². The van der Waals surface area contributed by atoms with Gasteiger partial charge in [-0.3, -0.25) is 0 Å².